The molecule has 1 fully saturated rings. The highest BCUT2D eigenvalue weighted by atomic mass is 32.2. The minimum Gasteiger partial charge on any atom is -0.477 e. The van der Waals surface area contributed by atoms with Crippen molar-refractivity contribution < 1.29 is 23.1 Å². The van der Waals surface area contributed by atoms with E-state index in [1.807, 2.05) is 0 Å². The number of ether oxygens (including phenoxy) is 1. The van der Waals surface area contributed by atoms with Gasteiger partial charge in [0.15, 0.2) is 0 Å². The molecule has 0 spiro atoms. The molecular weight excluding hydrogens is 296 g/mol. The third-order valence-electron chi connectivity index (χ3n) is 3.74. The van der Waals surface area contributed by atoms with Gasteiger partial charge in [-0.1, -0.05) is 0 Å². The lowest BCUT2D eigenvalue weighted by atomic mass is 10.1. The normalized spacial score (nSPS) is 20.6. The Morgan fingerprint density at radius 1 is 1.52 bits per heavy atom. The lowest BCUT2D eigenvalue weighted by Crippen LogP contribution is -2.42. The largest absolute Gasteiger partial charge is 0.477 e. The van der Waals surface area contributed by atoms with Gasteiger partial charge in [0.2, 0.25) is 10.0 Å². The number of sulfonamides is 1. The number of carboxylic acid groups (broad SMARTS) is 1. The third kappa shape index (κ3) is 3.12. The molecule has 7 nitrogen and oxygen atoms in total. The number of aryl methyl sites for hydroxylation is 1. The molecule has 0 aliphatic carbocycles. The van der Waals surface area contributed by atoms with Crippen LogP contribution in [0.5, 0.6) is 0 Å². The van der Waals surface area contributed by atoms with Crippen LogP contribution in [0.25, 0.3) is 0 Å². The quantitative estimate of drug-likeness (QED) is 0.875. The minimum atomic E-state index is -3.68. The predicted octanol–water partition coefficient (Wildman–Crippen LogP) is 1.01. The Balaban J connectivity index is 2.33. The first kappa shape index (κ1) is 16.0. The van der Waals surface area contributed by atoms with Gasteiger partial charge in [-0.3, -0.25) is 0 Å². The lowest BCUT2D eigenvalue weighted by Gasteiger charge is -2.30. The summed E-state index contributed by atoms with van der Waals surface area (Å²) >= 11 is 0. The number of hydrogen-bond acceptors (Lipinski definition) is 4. The minimum absolute atomic E-state index is 0.0172. The summed E-state index contributed by atoms with van der Waals surface area (Å²) in [5, 5.41) is 9.12. The first-order chi connectivity index (χ1) is 9.90. The number of hydrogen-bond donors (Lipinski definition) is 1. The summed E-state index contributed by atoms with van der Waals surface area (Å²) in [7, 11) is -2.11. The monoisotopic (exact) mass is 316 g/mol. The molecule has 0 radical (unpaired) electrons. The summed E-state index contributed by atoms with van der Waals surface area (Å²) in [6.45, 7) is 2.91. The van der Waals surface area contributed by atoms with Gasteiger partial charge in [-0.25, -0.2) is 13.2 Å². The molecule has 8 heteroatoms. The van der Waals surface area contributed by atoms with Gasteiger partial charge in [-0.15, -0.1) is 0 Å². The topological polar surface area (TPSA) is 88.8 Å². The molecule has 1 saturated heterocycles. The molecule has 1 aliphatic rings. The Morgan fingerprint density at radius 3 is 2.76 bits per heavy atom. The molecule has 2 rings (SSSR count). The van der Waals surface area contributed by atoms with Crippen molar-refractivity contribution in [1.29, 1.82) is 0 Å². The zero-order valence-corrected chi connectivity index (χ0v) is 13.0. The van der Waals surface area contributed by atoms with Crippen LogP contribution in [0.15, 0.2) is 17.2 Å². The van der Waals surface area contributed by atoms with Crippen molar-refractivity contribution in [2.24, 2.45) is 0 Å². The van der Waals surface area contributed by atoms with E-state index in [4.69, 9.17) is 9.84 Å². The second kappa shape index (κ2) is 6.17. The number of nitrogens with zero attached hydrogens (tertiary/aromatic N) is 2. The van der Waals surface area contributed by atoms with Crippen LogP contribution in [0.2, 0.25) is 0 Å². The molecule has 21 heavy (non-hydrogen) atoms. The first-order valence-corrected chi connectivity index (χ1v) is 8.30. The number of carboxylic acids is 1. The molecular formula is C13H20N2O5S. The van der Waals surface area contributed by atoms with Gasteiger partial charge < -0.3 is 14.4 Å². The fourth-order valence-corrected chi connectivity index (χ4v) is 4.08. The Labute approximate surface area is 124 Å². The van der Waals surface area contributed by atoms with Gasteiger partial charge in [-0.05, 0) is 25.8 Å². The molecule has 2 heterocycles. The average Bonchev–Trinajstić information content (AvgIpc) is 2.92. The highest BCUT2D eigenvalue weighted by Crippen LogP contribution is 2.23. The van der Waals surface area contributed by atoms with E-state index >= 15 is 0 Å². The van der Waals surface area contributed by atoms with Crippen molar-refractivity contribution in [2.45, 2.75) is 37.3 Å². The Kier molecular flexibility index (Phi) is 4.70. The average molecular weight is 316 g/mol. The van der Waals surface area contributed by atoms with Crippen molar-refractivity contribution >= 4 is 16.0 Å². The van der Waals surface area contributed by atoms with Crippen LogP contribution in [0.4, 0.5) is 0 Å². The number of aromatic nitrogens is 1. The van der Waals surface area contributed by atoms with Crippen molar-refractivity contribution in [3.05, 3.63) is 18.0 Å². The van der Waals surface area contributed by atoms with E-state index in [9.17, 15) is 13.2 Å². The molecule has 118 valence electrons. The zero-order chi connectivity index (χ0) is 15.6. The van der Waals surface area contributed by atoms with Gasteiger partial charge >= 0.3 is 5.97 Å². The van der Waals surface area contributed by atoms with Crippen LogP contribution in [0.3, 0.4) is 0 Å². The molecule has 1 aromatic rings. The van der Waals surface area contributed by atoms with Crippen LogP contribution in [0, 0.1) is 0 Å². The Bertz CT molecular complexity index is 623. The van der Waals surface area contributed by atoms with Gasteiger partial charge in [-0.2, -0.15) is 4.31 Å². The SMILES string of the molecule is CCn1cc(S(=O)(=O)N2CCCC(OC)C2)cc1C(=O)O. The summed E-state index contributed by atoms with van der Waals surface area (Å²) in [4.78, 5) is 11.2. The van der Waals surface area contributed by atoms with Crippen molar-refractivity contribution in [3.8, 4) is 0 Å². The summed E-state index contributed by atoms with van der Waals surface area (Å²) in [5.41, 5.74) is -0.0172. The standard InChI is InChI=1S/C13H20N2O5S/c1-3-14-9-11(7-12(14)13(16)17)21(18,19)15-6-4-5-10(8-15)20-2/h7,9-10H,3-6,8H2,1-2H3,(H,16,17). The molecule has 0 aromatic carbocycles. The van der Waals surface area contributed by atoms with E-state index in [0.29, 0.717) is 19.6 Å². The summed E-state index contributed by atoms with van der Waals surface area (Å²) in [6, 6.07) is 1.22. The molecule has 0 saturated carbocycles. The summed E-state index contributed by atoms with van der Waals surface area (Å²) in [6.07, 6.45) is 2.84. The molecule has 1 N–H and O–H groups in total. The highest BCUT2D eigenvalue weighted by Gasteiger charge is 2.32. The number of carbonyl (C=O) groups is 1. The van der Waals surface area contributed by atoms with Gasteiger partial charge in [0.05, 0.1) is 6.10 Å². The number of rotatable bonds is 5. The van der Waals surface area contributed by atoms with Crippen LogP contribution in [0.1, 0.15) is 30.3 Å². The molecule has 1 aromatic heterocycles. The molecule has 1 unspecified atom stereocenters. The van der Waals surface area contributed by atoms with E-state index in [1.165, 1.54) is 21.1 Å². The summed E-state index contributed by atoms with van der Waals surface area (Å²) in [5.74, 6) is -1.13. The fourth-order valence-electron chi connectivity index (χ4n) is 2.53. The van der Waals surface area contributed by atoms with E-state index in [2.05, 4.69) is 0 Å². The maximum atomic E-state index is 12.6. The van der Waals surface area contributed by atoms with E-state index in [-0.39, 0.29) is 16.7 Å². The van der Waals surface area contributed by atoms with Crippen LogP contribution >= 0.6 is 0 Å². The Morgan fingerprint density at radius 2 is 2.24 bits per heavy atom. The van der Waals surface area contributed by atoms with E-state index < -0.39 is 16.0 Å². The highest BCUT2D eigenvalue weighted by molar-refractivity contribution is 7.89. The predicted molar refractivity (Wildman–Crippen MR) is 75.9 cm³/mol. The molecule has 1 aliphatic heterocycles. The van der Waals surface area contributed by atoms with Crippen molar-refractivity contribution in [3.63, 3.8) is 0 Å². The Hall–Kier alpha value is -1.38. The molecule has 0 bridgehead atoms. The molecule has 0 amide bonds. The summed E-state index contributed by atoms with van der Waals surface area (Å²) < 4.78 is 33.3. The lowest BCUT2D eigenvalue weighted by molar-refractivity contribution is 0.0572. The number of methoxy groups -OCH3 is 1. The van der Waals surface area contributed by atoms with Crippen LogP contribution in [-0.4, -0.2) is 54.7 Å². The zero-order valence-electron chi connectivity index (χ0n) is 12.2. The fraction of sp³-hybridized carbons (Fsp3) is 0.615. The van der Waals surface area contributed by atoms with Gasteiger partial charge in [0.25, 0.3) is 0 Å². The van der Waals surface area contributed by atoms with Gasteiger partial charge in [0.1, 0.15) is 10.6 Å². The number of piperidine rings is 1. The second-order valence-corrected chi connectivity index (χ2v) is 6.95. The maximum Gasteiger partial charge on any atom is 0.352 e. The second-order valence-electron chi connectivity index (χ2n) is 5.02. The molecule has 1 atom stereocenters. The van der Waals surface area contributed by atoms with Crippen LogP contribution < -0.4 is 0 Å². The third-order valence-corrected chi connectivity index (χ3v) is 5.57. The van der Waals surface area contributed by atoms with E-state index in [0.717, 1.165) is 12.8 Å². The van der Waals surface area contributed by atoms with Crippen molar-refractivity contribution in [1.82, 2.24) is 8.87 Å². The van der Waals surface area contributed by atoms with Gasteiger partial charge in [0, 0.05) is 32.9 Å². The smallest absolute Gasteiger partial charge is 0.352 e. The first-order valence-electron chi connectivity index (χ1n) is 6.86. The maximum absolute atomic E-state index is 12.6. The van der Waals surface area contributed by atoms with Crippen molar-refractivity contribution in [2.75, 3.05) is 20.2 Å². The number of aromatic carboxylic acids is 1. The van der Waals surface area contributed by atoms with Crippen LogP contribution in [-0.2, 0) is 21.3 Å². The van der Waals surface area contributed by atoms with E-state index in [1.54, 1.807) is 14.0 Å².